The fourth-order valence-electron chi connectivity index (χ4n) is 5.61. The van der Waals surface area contributed by atoms with Crippen LogP contribution in [-0.4, -0.2) is 30.9 Å². The second-order valence-corrected chi connectivity index (χ2v) is 10.3. The van der Waals surface area contributed by atoms with Gasteiger partial charge >= 0.3 is 0 Å². The number of hydrogen-bond acceptors (Lipinski definition) is 5. The summed E-state index contributed by atoms with van der Waals surface area (Å²) < 4.78 is 11.4. The van der Waals surface area contributed by atoms with Crippen LogP contribution in [0.25, 0.3) is 5.76 Å². The number of aliphatic hydroxyl groups excluding tert-OH is 1. The number of allylic oxidation sites excluding steroid dienone is 2. The number of carbonyl (C=O) groups excluding carboxylic acids is 1. The molecule has 2 aliphatic rings. The Bertz CT molecular complexity index is 1540. The van der Waals surface area contributed by atoms with Crippen molar-refractivity contribution in [2.24, 2.45) is 0 Å². The van der Waals surface area contributed by atoms with E-state index in [-0.39, 0.29) is 17.4 Å². The molecule has 1 unspecified atom stereocenters. The van der Waals surface area contributed by atoms with E-state index in [1.165, 1.54) is 0 Å². The predicted octanol–water partition coefficient (Wildman–Crippen LogP) is 7.53. The lowest BCUT2D eigenvalue weighted by Gasteiger charge is -2.42. The first-order valence-corrected chi connectivity index (χ1v) is 13.3. The molecule has 0 radical (unpaired) electrons. The largest absolute Gasteiger partial charge is 0.507 e. The van der Waals surface area contributed by atoms with Crippen LogP contribution in [0.4, 0.5) is 5.69 Å². The Hall–Kier alpha value is -4.03. The number of Topliss-reactive ketones (excluding diaryl/α,β-unsaturated/α-hetero) is 1. The molecule has 0 fully saturated rings. The number of para-hydroxylation sites is 1. The smallest absolute Gasteiger partial charge is 0.164 e. The van der Waals surface area contributed by atoms with Crippen molar-refractivity contribution < 1.29 is 19.4 Å². The molecule has 1 aliphatic heterocycles. The number of aryl methyl sites for hydroxylation is 1. The molecule has 0 saturated heterocycles. The highest BCUT2D eigenvalue weighted by molar-refractivity contribution is 6.32. The lowest BCUT2D eigenvalue weighted by Crippen LogP contribution is -2.42. The lowest BCUT2D eigenvalue weighted by molar-refractivity contribution is -0.116. The zero-order valence-electron chi connectivity index (χ0n) is 22.5. The molecule has 5 rings (SSSR count). The summed E-state index contributed by atoms with van der Waals surface area (Å²) in [6, 6.07) is 18.5. The Morgan fingerprint density at radius 2 is 1.72 bits per heavy atom. The van der Waals surface area contributed by atoms with Crippen LogP contribution < -0.4 is 14.4 Å². The molecule has 0 aromatic heterocycles. The number of ether oxygens (including phenoxy) is 2. The van der Waals surface area contributed by atoms with Crippen molar-refractivity contribution in [2.75, 3.05) is 19.1 Å². The average Bonchev–Trinajstić information content (AvgIpc) is 2.94. The Morgan fingerprint density at radius 3 is 2.41 bits per heavy atom. The summed E-state index contributed by atoms with van der Waals surface area (Å²) in [5.41, 5.74) is 5.38. The summed E-state index contributed by atoms with van der Waals surface area (Å²) in [5.74, 6) is 0.241. The number of amidine groups is 1. The van der Waals surface area contributed by atoms with Crippen LogP contribution in [0.15, 0.2) is 77.5 Å². The maximum Gasteiger partial charge on any atom is 0.164 e. The quantitative estimate of drug-likeness (QED) is 0.325. The molecule has 3 aromatic carbocycles. The van der Waals surface area contributed by atoms with Crippen molar-refractivity contribution in [1.29, 1.82) is 5.41 Å². The second kappa shape index (κ2) is 10.6. The Balaban J connectivity index is 1.89. The molecule has 6 nitrogen and oxygen atoms in total. The minimum Gasteiger partial charge on any atom is -0.507 e. The molecule has 1 heterocycles. The van der Waals surface area contributed by atoms with E-state index in [2.05, 4.69) is 0 Å². The van der Waals surface area contributed by atoms with Crippen molar-refractivity contribution in [2.45, 2.75) is 39.0 Å². The first kappa shape index (κ1) is 26.6. The van der Waals surface area contributed by atoms with Gasteiger partial charge in [0.25, 0.3) is 0 Å². The number of carbonyl (C=O) groups is 1. The standard InChI is InChI=1S/C32H31ClN2O4/c1-18-14-16-20(17-15-18)30(37)29-27(21-8-5-13-26(38-3)31(21)39-4)28-24(11-7-12-25(28)36)35(32(29)34)23-10-6-9-22(33)19(23)2/h5-6,8-10,13-17,27,34,37H,7,11-12H2,1-4H3/b30-29+,34-32?. The molecular weight excluding hydrogens is 512 g/mol. The van der Waals surface area contributed by atoms with Crippen LogP contribution in [0.5, 0.6) is 11.5 Å². The third-order valence-corrected chi connectivity index (χ3v) is 7.97. The molecule has 0 bridgehead atoms. The van der Waals surface area contributed by atoms with Gasteiger partial charge in [-0.05, 0) is 50.5 Å². The van der Waals surface area contributed by atoms with E-state index >= 15 is 0 Å². The van der Waals surface area contributed by atoms with Crippen LogP contribution >= 0.6 is 11.6 Å². The molecule has 7 heteroatoms. The molecule has 200 valence electrons. The van der Waals surface area contributed by atoms with Crippen molar-refractivity contribution in [1.82, 2.24) is 0 Å². The molecule has 1 aliphatic carbocycles. The molecule has 3 aromatic rings. The summed E-state index contributed by atoms with van der Waals surface area (Å²) in [4.78, 5) is 15.6. The number of rotatable bonds is 5. The third-order valence-electron chi connectivity index (χ3n) is 7.56. The number of benzene rings is 3. The normalized spacial score (nSPS) is 18.7. The minimum absolute atomic E-state index is 0.0162. The molecule has 39 heavy (non-hydrogen) atoms. The van der Waals surface area contributed by atoms with Crippen LogP contribution in [0, 0.1) is 19.3 Å². The van der Waals surface area contributed by atoms with E-state index in [1.54, 1.807) is 31.3 Å². The number of ketones is 1. The summed E-state index contributed by atoms with van der Waals surface area (Å²) in [6.45, 7) is 3.87. The highest BCUT2D eigenvalue weighted by atomic mass is 35.5. The van der Waals surface area contributed by atoms with Crippen molar-refractivity contribution in [3.63, 3.8) is 0 Å². The number of aliphatic hydroxyl groups is 1. The van der Waals surface area contributed by atoms with Crippen LogP contribution in [-0.2, 0) is 4.79 Å². The van der Waals surface area contributed by atoms with E-state index in [9.17, 15) is 15.3 Å². The summed E-state index contributed by atoms with van der Waals surface area (Å²) in [5, 5.41) is 22.0. The SMILES string of the molecule is COc1cccc(C2C3=C(CCCC3=O)N(c3cccc(Cl)c3C)C(=N)/C2=C(/O)c2ccc(C)cc2)c1OC. The Morgan fingerprint density at radius 1 is 1.00 bits per heavy atom. The average molecular weight is 543 g/mol. The Labute approximate surface area is 233 Å². The predicted molar refractivity (Wildman–Crippen MR) is 155 cm³/mol. The third kappa shape index (κ3) is 4.49. The van der Waals surface area contributed by atoms with Gasteiger partial charge in [0.2, 0.25) is 0 Å². The molecular formula is C32H31ClN2O4. The van der Waals surface area contributed by atoms with E-state index in [4.69, 9.17) is 21.1 Å². The van der Waals surface area contributed by atoms with Crippen molar-refractivity contribution in [3.05, 3.63) is 105 Å². The first-order valence-electron chi connectivity index (χ1n) is 12.9. The first-order chi connectivity index (χ1) is 18.8. The van der Waals surface area contributed by atoms with Crippen LogP contribution in [0.3, 0.4) is 0 Å². The maximum absolute atomic E-state index is 13.8. The van der Waals surface area contributed by atoms with Gasteiger partial charge in [-0.3, -0.25) is 15.1 Å². The van der Waals surface area contributed by atoms with Gasteiger partial charge in [0.05, 0.1) is 25.8 Å². The molecule has 0 saturated carbocycles. The minimum atomic E-state index is -0.734. The van der Waals surface area contributed by atoms with Gasteiger partial charge in [0.1, 0.15) is 11.6 Å². The molecule has 0 amide bonds. The van der Waals surface area contributed by atoms with Gasteiger partial charge in [0.15, 0.2) is 17.3 Å². The van der Waals surface area contributed by atoms with Gasteiger partial charge in [-0.15, -0.1) is 0 Å². The van der Waals surface area contributed by atoms with Gasteiger partial charge in [0, 0.05) is 39.4 Å². The Kier molecular flexibility index (Phi) is 7.23. The fraction of sp³-hybridized carbons (Fsp3) is 0.250. The molecule has 2 N–H and O–H groups in total. The van der Waals surface area contributed by atoms with E-state index < -0.39 is 5.92 Å². The number of halogens is 1. The lowest BCUT2D eigenvalue weighted by atomic mass is 9.73. The monoisotopic (exact) mass is 542 g/mol. The van der Waals surface area contributed by atoms with Crippen LogP contribution in [0.2, 0.25) is 5.02 Å². The molecule has 0 spiro atoms. The van der Waals surface area contributed by atoms with E-state index in [1.807, 2.05) is 62.4 Å². The highest BCUT2D eigenvalue weighted by Gasteiger charge is 2.44. The van der Waals surface area contributed by atoms with Gasteiger partial charge in [-0.2, -0.15) is 0 Å². The van der Waals surface area contributed by atoms with Crippen molar-refractivity contribution >= 4 is 34.7 Å². The highest BCUT2D eigenvalue weighted by Crippen LogP contribution is 2.51. The zero-order valence-corrected chi connectivity index (χ0v) is 23.2. The van der Waals surface area contributed by atoms with E-state index in [0.717, 1.165) is 16.8 Å². The number of hydrogen-bond donors (Lipinski definition) is 2. The van der Waals surface area contributed by atoms with Crippen molar-refractivity contribution in [3.8, 4) is 11.5 Å². The summed E-state index contributed by atoms with van der Waals surface area (Å²) in [6.07, 6.45) is 1.67. The number of nitrogens with one attached hydrogen (secondary N) is 1. The zero-order chi connectivity index (χ0) is 27.8. The maximum atomic E-state index is 13.8. The number of methoxy groups -OCH3 is 2. The van der Waals surface area contributed by atoms with Gasteiger partial charge in [-0.1, -0.05) is 59.6 Å². The summed E-state index contributed by atoms with van der Waals surface area (Å²) >= 11 is 6.52. The van der Waals surface area contributed by atoms with Gasteiger partial charge in [-0.25, -0.2) is 0 Å². The molecule has 1 atom stereocenters. The number of anilines is 1. The fourth-order valence-corrected chi connectivity index (χ4v) is 5.78. The topological polar surface area (TPSA) is 82.9 Å². The van der Waals surface area contributed by atoms with Gasteiger partial charge < -0.3 is 14.6 Å². The number of nitrogens with zero attached hydrogens (tertiary/aromatic N) is 1. The summed E-state index contributed by atoms with van der Waals surface area (Å²) in [7, 11) is 3.11. The second-order valence-electron chi connectivity index (χ2n) is 9.85. The van der Waals surface area contributed by atoms with E-state index in [0.29, 0.717) is 63.7 Å². The van der Waals surface area contributed by atoms with Crippen LogP contribution in [0.1, 0.15) is 47.4 Å².